The Morgan fingerprint density at radius 1 is 0.884 bits per heavy atom. The molecule has 0 amide bonds. The van der Waals surface area contributed by atoms with E-state index in [9.17, 15) is 0 Å². The zero-order valence-corrected chi connectivity index (χ0v) is 25.8. The van der Waals surface area contributed by atoms with Gasteiger partial charge in [-0.25, -0.2) is 0 Å². The highest BCUT2D eigenvalue weighted by Crippen LogP contribution is 2.33. The number of benzene rings is 3. The van der Waals surface area contributed by atoms with Crippen molar-refractivity contribution in [1.82, 2.24) is 9.88 Å². The summed E-state index contributed by atoms with van der Waals surface area (Å²) in [6.45, 7) is 9.27. The first kappa shape index (κ1) is 28.8. The van der Waals surface area contributed by atoms with Crippen molar-refractivity contribution in [2.75, 3.05) is 25.0 Å². The van der Waals surface area contributed by atoms with Crippen LogP contribution in [0.15, 0.2) is 120 Å². The highest BCUT2D eigenvalue weighted by molar-refractivity contribution is 5.93. The molecule has 2 aliphatic rings. The third-order valence-electron chi connectivity index (χ3n) is 8.41. The molecule has 43 heavy (non-hydrogen) atoms. The summed E-state index contributed by atoms with van der Waals surface area (Å²) >= 11 is 0. The summed E-state index contributed by atoms with van der Waals surface area (Å²) in [7, 11) is 0. The topological polar surface area (TPSA) is 37.4 Å². The molecule has 2 heterocycles. The van der Waals surface area contributed by atoms with Crippen LogP contribution in [-0.2, 0) is 11.8 Å². The summed E-state index contributed by atoms with van der Waals surface area (Å²) in [5.74, 6) is 0.886. The average molecular weight is 570 g/mol. The van der Waals surface area contributed by atoms with Crippen LogP contribution in [0.3, 0.4) is 0 Å². The number of hydrogen-bond donors (Lipinski definition) is 1. The number of nitrogens with one attached hydrogen (secondary N) is 1. The van der Waals surface area contributed by atoms with Crippen molar-refractivity contribution in [2.45, 2.75) is 58.3 Å². The van der Waals surface area contributed by atoms with Crippen molar-refractivity contribution in [2.24, 2.45) is 0 Å². The van der Waals surface area contributed by atoms with Gasteiger partial charge in [0.2, 0.25) is 0 Å². The second kappa shape index (κ2) is 12.9. The molecule has 1 aromatic heterocycles. The number of fused-ring (bicyclic) bond motifs is 1. The van der Waals surface area contributed by atoms with E-state index < -0.39 is 0 Å². The molecule has 1 aliphatic heterocycles. The maximum Gasteiger partial charge on any atom is 0.121 e. The van der Waals surface area contributed by atoms with E-state index in [0.29, 0.717) is 6.61 Å². The highest BCUT2D eigenvalue weighted by Gasteiger charge is 2.20. The number of piperidine rings is 1. The van der Waals surface area contributed by atoms with Crippen LogP contribution in [0.25, 0.3) is 10.9 Å². The summed E-state index contributed by atoms with van der Waals surface area (Å²) in [4.78, 5) is 7.49. The van der Waals surface area contributed by atoms with E-state index in [0.717, 1.165) is 66.1 Å². The SMILES string of the molecule is CC(C)(C)c1cc(Nc2cccc(OCCN3CCCCC3=C3C=CC(Cc4ccccc4)=CC3)c2)c2ccccc2n1. The smallest absolute Gasteiger partial charge is 0.121 e. The minimum atomic E-state index is -0.0395. The monoisotopic (exact) mass is 569 g/mol. The van der Waals surface area contributed by atoms with E-state index in [1.807, 2.05) is 6.07 Å². The van der Waals surface area contributed by atoms with Gasteiger partial charge in [-0.3, -0.25) is 4.98 Å². The average Bonchev–Trinajstić information content (AvgIpc) is 3.02. The van der Waals surface area contributed by atoms with Gasteiger partial charge in [0.05, 0.1) is 12.1 Å². The summed E-state index contributed by atoms with van der Waals surface area (Å²) < 4.78 is 6.33. The molecule has 0 unspecified atom stereocenters. The third kappa shape index (κ3) is 7.19. The van der Waals surface area contributed by atoms with Gasteiger partial charge in [0.1, 0.15) is 12.4 Å². The van der Waals surface area contributed by atoms with Gasteiger partial charge in [0, 0.05) is 46.2 Å². The van der Waals surface area contributed by atoms with Crippen LogP contribution >= 0.6 is 0 Å². The van der Waals surface area contributed by atoms with E-state index >= 15 is 0 Å². The second-order valence-corrected chi connectivity index (χ2v) is 12.7. The number of likely N-dealkylation sites (tertiary alicyclic amines) is 1. The molecule has 0 spiro atoms. The molecular weight excluding hydrogens is 526 g/mol. The van der Waals surface area contributed by atoms with Crippen LogP contribution < -0.4 is 10.1 Å². The Morgan fingerprint density at radius 2 is 1.72 bits per heavy atom. The highest BCUT2D eigenvalue weighted by atomic mass is 16.5. The number of para-hydroxylation sites is 1. The lowest BCUT2D eigenvalue weighted by Crippen LogP contribution is -2.32. The molecule has 1 saturated heterocycles. The van der Waals surface area contributed by atoms with E-state index in [1.54, 1.807) is 0 Å². The zero-order valence-electron chi connectivity index (χ0n) is 25.8. The fraction of sp³-hybridized carbons (Fsp3) is 0.308. The van der Waals surface area contributed by atoms with Gasteiger partial charge in [0.25, 0.3) is 0 Å². The lowest BCUT2D eigenvalue weighted by Gasteiger charge is -2.34. The van der Waals surface area contributed by atoms with Gasteiger partial charge in [-0.05, 0) is 73.1 Å². The van der Waals surface area contributed by atoms with Crippen LogP contribution in [0.2, 0.25) is 0 Å². The first-order valence-electron chi connectivity index (χ1n) is 15.7. The van der Waals surface area contributed by atoms with Crippen molar-refractivity contribution in [3.8, 4) is 5.75 Å². The molecule has 220 valence electrons. The molecule has 0 radical (unpaired) electrons. The van der Waals surface area contributed by atoms with E-state index in [1.165, 1.54) is 35.2 Å². The van der Waals surface area contributed by atoms with E-state index in [-0.39, 0.29) is 5.41 Å². The normalized spacial score (nSPS) is 17.2. The number of hydrogen-bond acceptors (Lipinski definition) is 4. The van der Waals surface area contributed by atoms with Crippen molar-refractivity contribution in [3.05, 3.63) is 131 Å². The second-order valence-electron chi connectivity index (χ2n) is 12.7. The molecule has 0 bridgehead atoms. The van der Waals surface area contributed by atoms with Crippen LogP contribution in [0.4, 0.5) is 11.4 Å². The lowest BCUT2D eigenvalue weighted by molar-refractivity contribution is 0.219. The first-order valence-corrected chi connectivity index (χ1v) is 15.7. The van der Waals surface area contributed by atoms with Gasteiger partial charge >= 0.3 is 0 Å². The lowest BCUT2D eigenvalue weighted by atomic mass is 9.90. The van der Waals surface area contributed by atoms with Gasteiger partial charge in [-0.1, -0.05) is 93.6 Å². The maximum atomic E-state index is 6.33. The zero-order chi connectivity index (χ0) is 29.6. The van der Waals surface area contributed by atoms with Crippen molar-refractivity contribution >= 4 is 22.3 Å². The van der Waals surface area contributed by atoms with Crippen LogP contribution in [0.5, 0.6) is 5.75 Å². The van der Waals surface area contributed by atoms with Crippen molar-refractivity contribution in [1.29, 1.82) is 0 Å². The quantitative estimate of drug-likeness (QED) is 0.229. The molecule has 1 fully saturated rings. The number of aromatic nitrogens is 1. The minimum absolute atomic E-state index is 0.0395. The van der Waals surface area contributed by atoms with Crippen molar-refractivity contribution in [3.63, 3.8) is 0 Å². The standard InChI is InChI=1S/C39H43N3O/c1-39(2,3)38-28-36(34-16-7-8-17-35(34)41-38)40-32-14-11-15-33(27-32)43-25-24-42-23-10-9-18-37(42)31-21-19-30(20-22-31)26-29-12-5-4-6-13-29/h4-8,11-17,19-21,27-28H,9-10,18,22-26H2,1-3H3,(H,40,41). The molecule has 4 nitrogen and oxygen atoms in total. The fourth-order valence-electron chi connectivity index (χ4n) is 6.02. The maximum absolute atomic E-state index is 6.33. The molecule has 3 aromatic carbocycles. The third-order valence-corrected chi connectivity index (χ3v) is 8.41. The largest absolute Gasteiger partial charge is 0.492 e. The Balaban J connectivity index is 1.10. The number of anilines is 2. The van der Waals surface area contributed by atoms with Gasteiger partial charge in [-0.2, -0.15) is 0 Å². The molecule has 0 atom stereocenters. The number of ether oxygens (including phenoxy) is 1. The Hall–Kier alpha value is -4.31. The van der Waals surface area contributed by atoms with Crippen LogP contribution in [0.1, 0.15) is 57.7 Å². The minimum Gasteiger partial charge on any atom is -0.492 e. The number of pyridine rings is 1. The summed E-state index contributed by atoms with van der Waals surface area (Å²) in [6.07, 6.45) is 12.8. The molecule has 4 aromatic rings. The molecule has 4 heteroatoms. The molecule has 0 saturated carbocycles. The fourth-order valence-corrected chi connectivity index (χ4v) is 6.02. The molecule has 1 N–H and O–H groups in total. The Kier molecular flexibility index (Phi) is 8.64. The summed E-state index contributed by atoms with van der Waals surface area (Å²) in [5, 5.41) is 4.77. The molecule has 1 aliphatic carbocycles. The van der Waals surface area contributed by atoms with E-state index in [4.69, 9.17) is 9.72 Å². The number of nitrogens with zero attached hydrogens (tertiary/aromatic N) is 2. The van der Waals surface area contributed by atoms with Gasteiger partial charge in [-0.15, -0.1) is 0 Å². The van der Waals surface area contributed by atoms with Crippen LogP contribution in [-0.4, -0.2) is 29.6 Å². The van der Waals surface area contributed by atoms with Crippen molar-refractivity contribution < 1.29 is 4.74 Å². The summed E-state index contributed by atoms with van der Waals surface area (Å²) in [6, 6.07) is 29.6. The summed E-state index contributed by atoms with van der Waals surface area (Å²) in [5.41, 5.74) is 9.85. The predicted octanol–water partition coefficient (Wildman–Crippen LogP) is 9.52. The van der Waals surface area contributed by atoms with Gasteiger partial charge < -0.3 is 15.0 Å². The Morgan fingerprint density at radius 3 is 2.53 bits per heavy atom. The Labute approximate surface area is 256 Å². The van der Waals surface area contributed by atoms with Gasteiger partial charge in [0.15, 0.2) is 0 Å². The molecular formula is C39H43N3O. The number of allylic oxidation sites excluding steroid dienone is 6. The van der Waals surface area contributed by atoms with Crippen LogP contribution in [0, 0.1) is 0 Å². The Bertz CT molecular complexity index is 1660. The first-order chi connectivity index (χ1) is 20.9. The predicted molar refractivity (Wildman–Crippen MR) is 180 cm³/mol. The molecule has 6 rings (SSSR count). The van der Waals surface area contributed by atoms with E-state index in [2.05, 4.69) is 128 Å². The number of rotatable bonds is 8.